The van der Waals surface area contributed by atoms with Crippen LogP contribution in [0.5, 0.6) is 0 Å². The molecule has 3 unspecified atom stereocenters. The van der Waals surface area contributed by atoms with Crippen LogP contribution >= 0.6 is 34.9 Å². The van der Waals surface area contributed by atoms with E-state index in [0.717, 1.165) is 22.6 Å². The first-order valence-corrected chi connectivity index (χ1v) is 9.53. The zero-order valence-electron chi connectivity index (χ0n) is 11.3. The zero-order chi connectivity index (χ0) is 13.0. The number of likely N-dealkylation sites (N-methyl/N-ethyl adjacent to an activating group) is 1. The summed E-state index contributed by atoms with van der Waals surface area (Å²) in [5.41, 5.74) is 1.16. The SMILES string of the molecule is CCC1SCCSC1C(Cc1nc(C)cs1)NC. The van der Waals surface area contributed by atoms with Gasteiger partial charge in [0.05, 0.1) is 5.01 Å². The van der Waals surface area contributed by atoms with Crippen LogP contribution in [0, 0.1) is 6.92 Å². The third-order valence-electron chi connectivity index (χ3n) is 3.32. The molecule has 0 saturated carbocycles. The maximum absolute atomic E-state index is 4.61. The monoisotopic (exact) mass is 302 g/mol. The molecule has 0 amide bonds. The summed E-state index contributed by atoms with van der Waals surface area (Å²) in [7, 11) is 2.09. The Morgan fingerprint density at radius 1 is 1.44 bits per heavy atom. The van der Waals surface area contributed by atoms with Crippen molar-refractivity contribution in [2.75, 3.05) is 18.6 Å². The molecule has 0 aliphatic carbocycles. The minimum absolute atomic E-state index is 0.554. The molecule has 3 atom stereocenters. The number of hydrogen-bond donors (Lipinski definition) is 1. The van der Waals surface area contributed by atoms with E-state index in [1.165, 1.54) is 22.9 Å². The van der Waals surface area contributed by atoms with Gasteiger partial charge in [0.2, 0.25) is 0 Å². The van der Waals surface area contributed by atoms with Crippen LogP contribution in [0.15, 0.2) is 5.38 Å². The summed E-state index contributed by atoms with van der Waals surface area (Å²) in [5, 5.41) is 8.48. The van der Waals surface area contributed by atoms with Crippen molar-refractivity contribution in [3.05, 3.63) is 16.1 Å². The van der Waals surface area contributed by atoms with Gasteiger partial charge in [-0.2, -0.15) is 23.5 Å². The highest BCUT2D eigenvalue weighted by Crippen LogP contribution is 2.36. The molecular formula is C13H22N2S3. The number of thiazole rings is 1. The molecule has 1 fully saturated rings. The van der Waals surface area contributed by atoms with Crippen molar-refractivity contribution in [3.8, 4) is 0 Å². The molecule has 5 heteroatoms. The lowest BCUT2D eigenvalue weighted by molar-refractivity contribution is 0.516. The van der Waals surface area contributed by atoms with E-state index in [1.54, 1.807) is 11.3 Å². The van der Waals surface area contributed by atoms with Crippen molar-refractivity contribution in [1.29, 1.82) is 0 Å². The minimum Gasteiger partial charge on any atom is -0.315 e. The van der Waals surface area contributed by atoms with E-state index in [2.05, 4.69) is 60.1 Å². The van der Waals surface area contributed by atoms with Crippen molar-refractivity contribution in [3.63, 3.8) is 0 Å². The van der Waals surface area contributed by atoms with Crippen molar-refractivity contribution >= 4 is 34.9 Å². The van der Waals surface area contributed by atoms with Crippen molar-refractivity contribution in [1.82, 2.24) is 10.3 Å². The van der Waals surface area contributed by atoms with Gasteiger partial charge in [0.1, 0.15) is 0 Å². The predicted molar refractivity (Wildman–Crippen MR) is 86.2 cm³/mol. The standard InChI is InChI=1S/C13H22N2S3/c1-4-11-13(17-6-5-16-11)10(14-3)7-12-15-9(2)8-18-12/h8,10-11,13-14H,4-7H2,1-3H3. The molecule has 1 saturated heterocycles. The molecule has 0 radical (unpaired) electrons. The lowest BCUT2D eigenvalue weighted by Crippen LogP contribution is -2.44. The molecule has 0 spiro atoms. The molecule has 0 bridgehead atoms. The third-order valence-corrected chi connectivity index (χ3v) is 7.72. The fourth-order valence-corrected chi connectivity index (χ4v) is 6.51. The van der Waals surface area contributed by atoms with Gasteiger partial charge in [-0.05, 0) is 20.4 Å². The lowest BCUT2D eigenvalue weighted by Gasteiger charge is -2.35. The van der Waals surface area contributed by atoms with Crippen LogP contribution < -0.4 is 5.32 Å². The van der Waals surface area contributed by atoms with E-state index in [0.29, 0.717) is 6.04 Å². The average Bonchev–Trinajstić information content (AvgIpc) is 2.81. The highest BCUT2D eigenvalue weighted by Gasteiger charge is 2.31. The van der Waals surface area contributed by atoms with Gasteiger partial charge in [0, 0.05) is 45.5 Å². The Morgan fingerprint density at radius 3 is 2.83 bits per heavy atom. The topological polar surface area (TPSA) is 24.9 Å². The van der Waals surface area contributed by atoms with Crippen molar-refractivity contribution < 1.29 is 0 Å². The van der Waals surface area contributed by atoms with Gasteiger partial charge in [-0.15, -0.1) is 11.3 Å². The maximum atomic E-state index is 4.61. The van der Waals surface area contributed by atoms with Gasteiger partial charge in [-0.25, -0.2) is 4.98 Å². The van der Waals surface area contributed by atoms with Gasteiger partial charge < -0.3 is 5.32 Å². The number of thioether (sulfide) groups is 2. The Hall–Kier alpha value is 0.290. The fourth-order valence-electron chi connectivity index (χ4n) is 2.38. The van der Waals surface area contributed by atoms with Crippen molar-refractivity contribution in [2.45, 2.75) is 43.2 Å². The van der Waals surface area contributed by atoms with Crippen LogP contribution in [-0.2, 0) is 6.42 Å². The highest BCUT2D eigenvalue weighted by atomic mass is 32.2. The van der Waals surface area contributed by atoms with Crippen LogP contribution in [-0.4, -0.2) is 40.1 Å². The molecule has 2 nitrogen and oxygen atoms in total. The predicted octanol–water partition coefficient (Wildman–Crippen LogP) is 3.21. The largest absolute Gasteiger partial charge is 0.315 e. The summed E-state index contributed by atoms with van der Waals surface area (Å²) < 4.78 is 0. The third kappa shape index (κ3) is 3.65. The summed E-state index contributed by atoms with van der Waals surface area (Å²) in [6.45, 7) is 4.39. The molecule has 18 heavy (non-hydrogen) atoms. The van der Waals surface area contributed by atoms with E-state index in [1.807, 2.05) is 0 Å². The van der Waals surface area contributed by atoms with Crippen LogP contribution in [0.25, 0.3) is 0 Å². The van der Waals surface area contributed by atoms with Gasteiger partial charge in [-0.3, -0.25) is 0 Å². The van der Waals surface area contributed by atoms with E-state index < -0.39 is 0 Å². The second-order valence-electron chi connectivity index (χ2n) is 4.63. The minimum atomic E-state index is 0.554. The van der Waals surface area contributed by atoms with Crippen LogP contribution in [0.1, 0.15) is 24.0 Å². The zero-order valence-corrected chi connectivity index (χ0v) is 13.8. The normalized spacial score (nSPS) is 26.2. The highest BCUT2D eigenvalue weighted by molar-refractivity contribution is 8.07. The molecule has 2 heterocycles. The first-order valence-electron chi connectivity index (χ1n) is 6.56. The fraction of sp³-hybridized carbons (Fsp3) is 0.769. The molecule has 1 aromatic heterocycles. The van der Waals surface area contributed by atoms with Gasteiger partial charge in [0.25, 0.3) is 0 Å². The lowest BCUT2D eigenvalue weighted by atomic mass is 10.1. The van der Waals surface area contributed by atoms with Crippen LogP contribution in [0.4, 0.5) is 0 Å². The molecule has 2 rings (SSSR count). The summed E-state index contributed by atoms with van der Waals surface area (Å²) in [4.78, 5) is 4.61. The molecule has 1 aliphatic heterocycles. The number of hydrogen-bond acceptors (Lipinski definition) is 5. The summed E-state index contributed by atoms with van der Waals surface area (Å²) in [6.07, 6.45) is 2.35. The number of aromatic nitrogens is 1. The van der Waals surface area contributed by atoms with E-state index in [4.69, 9.17) is 0 Å². The summed E-state index contributed by atoms with van der Waals surface area (Å²) in [5.74, 6) is 2.60. The smallest absolute Gasteiger partial charge is 0.0944 e. The number of aryl methyl sites for hydroxylation is 1. The quantitative estimate of drug-likeness (QED) is 0.903. The number of nitrogens with zero attached hydrogens (tertiary/aromatic N) is 1. The average molecular weight is 303 g/mol. The number of nitrogens with one attached hydrogen (secondary N) is 1. The second kappa shape index (κ2) is 7.17. The van der Waals surface area contributed by atoms with E-state index >= 15 is 0 Å². The molecule has 102 valence electrons. The molecular weight excluding hydrogens is 280 g/mol. The Kier molecular flexibility index (Phi) is 5.86. The number of rotatable bonds is 5. The first kappa shape index (κ1) is 14.7. The summed E-state index contributed by atoms with van der Waals surface area (Å²) in [6, 6.07) is 0.554. The Morgan fingerprint density at radius 2 is 2.22 bits per heavy atom. The first-order chi connectivity index (χ1) is 8.74. The van der Waals surface area contributed by atoms with Gasteiger partial charge in [-0.1, -0.05) is 6.92 Å². The second-order valence-corrected chi connectivity index (χ2v) is 8.21. The van der Waals surface area contributed by atoms with E-state index in [9.17, 15) is 0 Å². The molecule has 1 aromatic rings. The molecule has 1 aliphatic rings. The van der Waals surface area contributed by atoms with Gasteiger partial charge in [0.15, 0.2) is 0 Å². The Balaban J connectivity index is 2.02. The van der Waals surface area contributed by atoms with Crippen molar-refractivity contribution in [2.24, 2.45) is 0 Å². The van der Waals surface area contributed by atoms with Crippen LogP contribution in [0.3, 0.4) is 0 Å². The van der Waals surface area contributed by atoms with Gasteiger partial charge >= 0.3 is 0 Å². The molecule has 0 aromatic carbocycles. The molecule has 1 N–H and O–H groups in total. The van der Waals surface area contributed by atoms with Crippen LogP contribution in [0.2, 0.25) is 0 Å². The maximum Gasteiger partial charge on any atom is 0.0944 e. The Labute approximate surface area is 123 Å². The van der Waals surface area contributed by atoms with E-state index in [-0.39, 0.29) is 0 Å². The Bertz CT molecular complexity index is 367. The summed E-state index contributed by atoms with van der Waals surface area (Å²) >= 11 is 6.10.